The van der Waals surface area contributed by atoms with Crippen molar-refractivity contribution in [3.05, 3.63) is 71.8 Å². The molecule has 0 aliphatic carbocycles. The van der Waals surface area contributed by atoms with Gasteiger partial charge in [-0.1, -0.05) is 60.7 Å². The first kappa shape index (κ1) is 28.4. The van der Waals surface area contributed by atoms with Crippen LogP contribution in [0.3, 0.4) is 0 Å². The zero-order chi connectivity index (χ0) is 26.6. The second-order valence-electron chi connectivity index (χ2n) is 9.16. The molecule has 0 aliphatic heterocycles. The summed E-state index contributed by atoms with van der Waals surface area (Å²) in [5.74, 6) is -1.83. The summed E-state index contributed by atoms with van der Waals surface area (Å²) in [4.78, 5) is 50.1. The number of rotatable bonds is 11. The van der Waals surface area contributed by atoms with Gasteiger partial charge in [0, 0.05) is 12.8 Å². The summed E-state index contributed by atoms with van der Waals surface area (Å²) in [6.45, 7) is 5.25. The van der Waals surface area contributed by atoms with Gasteiger partial charge in [0.25, 0.3) is 0 Å². The molecule has 2 atom stereocenters. The maximum Gasteiger partial charge on any atom is 0.408 e. The van der Waals surface area contributed by atoms with Crippen LogP contribution in [0.25, 0.3) is 0 Å². The van der Waals surface area contributed by atoms with E-state index >= 15 is 0 Å². The lowest BCUT2D eigenvalue weighted by Gasteiger charge is -2.23. The van der Waals surface area contributed by atoms with Gasteiger partial charge in [-0.05, 0) is 38.3 Å². The third-order valence-electron chi connectivity index (χ3n) is 4.96. The normalized spacial score (nSPS) is 12.6. The molecule has 2 amide bonds. The summed E-state index contributed by atoms with van der Waals surface area (Å²) in [6, 6.07) is 16.1. The minimum absolute atomic E-state index is 0.0240. The van der Waals surface area contributed by atoms with Crippen molar-refractivity contribution < 1.29 is 33.4 Å². The van der Waals surface area contributed by atoms with E-state index in [4.69, 9.17) is 14.2 Å². The van der Waals surface area contributed by atoms with Crippen molar-refractivity contribution in [1.82, 2.24) is 10.6 Å². The highest BCUT2D eigenvalue weighted by molar-refractivity contribution is 5.90. The molecule has 0 heterocycles. The van der Waals surface area contributed by atoms with E-state index in [1.807, 2.05) is 60.7 Å². The van der Waals surface area contributed by atoms with Gasteiger partial charge in [0.2, 0.25) is 5.91 Å². The van der Waals surface area contributed by atoms with E-state index in [1.54, 1.807) is 20.8 Å². The van der Waals surface area contributed by atoms with Crippen LogP contribution in [-0.4, -0.2) is 48.7 Å². The summed E-state index contributed by atoms with van der Waals surface area (Å²) >= 11 is 0. The van der Waals surface area contributed by atoms with Gasteiger partial charge < -0.3 is 24.8 Å². The number of benzene rings is 2. The van der Waals surface area contributed by atoms with Gasteiger partial charge in [0.15, 0.2) is 0 Å². The Morgan fingerprint density at radius 3 is 1.97 bits per heavy atom. The molecule has 0 spiro atoms. The van der Waals surface area contributed by atoms with Gasteiger partial charge in [-0.25, -0.2) is 9.59 Å². The number of hydrogen-bond acceptors (Lipinski definition) is 7. The first-order valence-corrected chi connectivity index (χ1v) is 11.7. The minimum Gasteiger partial charge on any atom is -0.467 e. The molecule has 2 N–H and O–H groups in total. The number of nitrogens with one attached hydrogen (secondary N) is 2. The standard InChI is InChI=1S/C27H34N2O7/c1-27(2,3)36-23(30)16-15-21(25(32)34-4)28-24(31)22(17-19-11-7-5-8-12-19)29-26(33)35-18-20-13-9-6-10-14-20/h5-14,21-22H,15-18H2,1-4H3,(H,28,31)(H,29,33)/t21-,22+/m1/s1. The highest BCUT2D eigenvalue weighted by Gasteiger charge is 2.29. The lowest BCUT2D eigenvalue weighted by atomic mass is 10.0. The van der Waals surface area contributed by atoms with Gasteiger partial charge in [0.05, 0.1) is 7.11 Å². The van der Waals surface area contributed by atoms with Gasteiger partial charge >= 0.3 is 18.0 Å². The van der Waals surface area contributed by atoms with Gasteiger partial charge in [-0.2, -0.15) is 0 Å². The second-order valence-corrected chi connectivity index (χ2v) is 9.16. The molecule has 0 saturated carbocycles. The molecule has 2 aromatic rings. The molecule has 0 aliphatic rings. The molecule has 2 aromatic carbocycles. The number of ether oxygens (including phenoxy) is 3. The Labute approximate surface area is 211 Å². The summed E-state index contributed by atoms with van der Waals surface area (Å²) in [7, 11) is 1.19. The van der Waals surface area contributed by atoms with Crippen molar-refractivity contribution in [1.29, 1.82) is 0 Å². The Morgan fingerprint density at radius 1 is 0.833 bits per heavy atom. The van der Waals surface area contributed by atoms with Crippen LogP contribution in [0.1, 0.15) is 44.7 Å². The fourth-order valence-corrected chi connectivity index (χ4v) is 3.28. The predicted octanol–water partition coefficient (Wildman–Crippen LogP) is 3.30. The topological polar surface area (TPSA) is 120 Å². The summed E-state index contributed by atoms with van der Waals surface area (Å²) in [5, 5.41) is 5.17. The predicted molar refractivity (Wildman–Crippen MR) is 133 cm³/mol. The number of amides is 2. The summed E-state index contributed by atoms with van der Waals surface area (Å²) in [5.41, 5.74) is 0.917. The molecule has 0 unspecified atom stereocenters. The minimum atomic E-state index is -1.10. The van der Waals surface area contributed by atoms with Gasteiger partial charge in [-0.15, -0.1) is 0 Å². The Morgan fingerprint density at radius 2 is 1.42 bits per heavy atom. The molecule has 9 nitrogen and oxygen atoms in total. The first-order chi connectivity index (χ1) is 17.1. The maximum atomic E-state index is 13.2. The number of esters is 2. The van der Waals surface area contributed by atoms with E-state index in [9.17, 15) is 19.2 Å². The largest absolute Gasteiger partial charge is 0.467 e. The number of hydrogen-bond donors (Lipinski definition) is 2. The van der Waals surface area contributed by atoms with Crippen LogP contribution in [0.15, 0.2) is 60.7 Å². The van der Waals surface area contributed by atoms with E-state index in [-0.39, 0.29) is 25.9 Å². The smallest absolute Gasteiger partial charge is 0.408 e. The monoisotopic (exact) mass is 498 g/mol. The molecule has 0 aromatic heterocycles. The van der Waals surface area contributed by atoms with E-state index in [0.29, 0.717) is 0 Å². The maximum absolute atomic E-state index is 13.2. The lowest BCUT2D eigenvalue weighted by Crippen LogP contribution is -2.52. The molecule has 36 heavy (non-hydrogen) atoms. The van der Waals surface area contributed by atoms with Crippen LogP contribution in [0, 0.1) is 0 Å². The van der Waals surface area contributed by atoms with Crippen LogP contribution >= 0.6 is 0 Å². The van der Waals surface area contributed by atoms with Crippen LogP contribution in [0.2, 0.25) is 0 Å². The van der Waals surface area contributed by atoms with E-state index in [2.05, 4.69) is 10.6 Å². The Kier molecular flexibility index (Phi) is 10.9. The fraction of sp³-hybridized carbons (Fsp3) is 0.407. The average molecular weight is 499 g/mol. The quantitative estimate of drug-likeness (QED) is 0.360. The van der Waals surface area contributed by atoms with Crippen molar-refractivity contribution in [2.24, 2.45) is 0 Å². The van der Waals surface area contributed by atoms with Crippen molar-refractivity contribution in [2.75, 3.05) is 7.11 Å². The van der Waals surface area contributed by atoms with Crippen LogP contribution in [0.5, 0.6) is 0 Å². The molecule has 0 radical (unpaired) electrons. The van der Waals surface area contributed by atoms with Crippen molar-refractivity contribution >= 4 is 23.9 Å². The van der Waals surface area contributed by atoms with Crippen LogP contribution < -0.4 is 10.6 Å². The zero-order valence-electron chi connectivity index (χ0n) is 21.1. The Hall–Kier alpha value is -3.88. The molecule has 9 heteroatoms. The van der Waals surface area contributed by atoms with Crippen LogP contribution in [0.4, 0.5) is 4.79 Å². The number of carbonyl (C=O) groups excluding carboxylic acids is 4. The van der Waals surface area contributed by atoms with Crippen molar-refractivity contribution in [3.63, 3.8) is 0 Å². The molecule has 2 rings (SSSR count). The zero-order valence-corrected chi connectivity index (χ0v) is 21.1. The van der Waals surface area contributed by atoms with E-state index < -0.39 is 41.6 Å². The van der Waals surface area contributed by atoms with E-state index in [0.717, 1.165) is 11.1 Å². The third-order valence-corrected chi connectivity index (χ3v) is 4.96. The molecule has 0 saturated heterocycles. The van der Waals surface area contributed by atoms with Crippen molar-refractivity contribution in [3.8, 4) is 0 Å². The molecular weight excluding hydrogens is 464 g/mol. The molecule has 194 valence electrons. The van der Waals surface area contributed by atoms with Crippen molar-refractivity contribution in [2.45, 2.75) is 64.3 Å². The Bertz CT molecular complexity index is 1000. The lowest BCUT2D eigenvalue weighted by molar-refractivity contribution is -0.155. The summed E-state index contributed by atoms with van der Waals surface area (Å²) < 4.78 is 15.3. The van der Waals surface area contributed by atoms with Crippen LogP contribution in [-0.2, 0) is 41.6 Å². The molecule has 0 fully saturated rings. The first-order valence-electron chi connectivity index (χ1n) is 11.7. The fourth-order valence-electron chi connectivity index (χ4n) is 3.28. The van der Waals surface area contributed by atoms with Gasteiger partial charge in [0.1, 0.15) is 24.3 Å². The highest BCUT2D eigenvalue weighted by Crippen LogP contribution is 2.11. The Balaban J connectivity index is 2.07. The number of alkyl carbamates (subject to hydrolysis) is 1. The second kappa shape index (κ2) is 13.9. The number of carbonyl (C=O) groups is 4. The van der Waals surface area contributed by atoms with E-state index in [1.165, 1.54) is 7.11 Å². The summed E-state index contributed by atoms with van der Waals surface area (Å²) in [6.07, 6.45) is -0.747. The third kappa shape index (κ3) is 10.6. The number of methoxy groups -OCH3 is 1. The molecule has 0 bridgehead atoms. The highest BCUT2D eigenvalue weighted by atomic mass is 16.6. The average Bonchev–Trinajstić information content (AvgIpc) is 2.84. The SMILES string of the molecule is COC(=O)[C@@H](CCC(=O)OC(C)(C)C)NC(=O)[C@H](Cc1ccccc1)NC(=O)OCc1ccccc1. The van der Waals surface area contributed by atoms with Gasteiger partial charge in [-0.3, -0.25) is 9.59 Å². The molecular formula is C27H34N2O7.